The van der Waals surface area contributed by atoms with Gasteiger partial charge < -0.3 is 5.32 Å². The first-order valence-corrected chi connectivity index (χ1v) is 7.58. The Morgan fingerprint density at radius 3 is 2.43 bits per heavy atom. The van der Waals surface area contributed by atoms with Crippen molar-refractivity contribution < 1.29 is 9.18 Å². The van der Waals surface area contributed by atoms with Gasteiger partial charge in [0.05, 0.1) is 4.47 Å². The highest BCUT2D eigenvalue weighted by Crippen LogP contribution is 2.17. The van der Waals surface area contributed by atoms with E-state index in [2.05, 4.69) is 47.2 Å². The van der Waals surface area contributed by atoms with Crippen molar-refractivity contribution in [2.75, 3.05) is 0 Å². The number of benzene rings is 2. The highest BCUT2D eigenvalue weighted by Gasteiger charge is 2.08. The van der Waals surface area contributed by atoms with Gasteiger partial charge in [0.2, 0.25) is 0 Å². The molecule has 0 saturated heterocycles. The fourth-order valence-electron chi connectivity index (χ4n) is 1.94. The molecular formula is C17H17BrFNO. The van der Waals surface area contributed by atoms with Gasteiger partial charge in [0.15, 0.2) is 0 Å². The quantitative estimate of drug-likeness (QED) is 0.855. The third-order valence-corrected chi connectivity index (χ3v) is 3.92. The lowest BCUT2D eigenvalue weighted by Crippen LogP contribution is -2.22. The summed E-state index contributed by atoms with van der Waals surface area (Å²) in [6.45, 7) is 4.70. The Morgan fingerprint density at radius 2 is 1.86 bits per heavy atom. The van der Waals surface area contributed by atoms with E-state index in [1.807, 2.05) is 12.1 Å². The lowest BCUT2D eigenvalue weighted by molar-refractivity contribution is 0.0950. The third-order valence-electron chi connectivity index (χ3n) is 3.28. The van der Waals surface area contributed by atoms with Crippen molar-refractivity contribution in [2.24, 2.45) is 0 Å². The van der Waals surface area contributed by atoms with E-state index in [0.717, 1.165) is 5.56 Å². The SMILES string of the molecule is CC(C)c1ccc(CNC(=O)c2ccc(Br)c(F)c2)cc1. The molecule has 0 aromatic heterocycles. The number of amides is 1. The van der Waals surface area contributed by atoms with Gasteiger partial charge in [-0.1, -0.05) is 38.1 Å². The van der Waals surface area contributed by atoms with Gasteiger partial charge in [-0.3, -0.25) is 4.79 Å². The van der Waals surface area contributed by atoms with E-state index < -0.39 is 5.82 Å². The molecule has 1 amide bonds. The Labute approximate surface area is 132 Å². The molecule has 0 unspecified atom stereocenters. The van der Waals surface area contributed by atoms with Crippen molar-refractivity contribution in [1.82, 2.24) is 5.32 Å². The van der Waals surface area contributed by atoms with Crippen LogP contribution in [0.25, 0.3) is 0 Å². The van der Waals surface area contributed by atoms with Crippen LogP contribution in [-0.4, -0.2) is 5.91 Å². The Hall–Kier alpha value is -1.68. The van der Waals surface area contributed by atoms with Crippen LogP contribution in [0, 0.1) is 5.82 Å². The molecule has 0 aliphatic heterocycles. The molecule has 2 aromatic carbocycles. The third kappa shape index (κ3) is 4.14. The minimum atomic E-state index is -0.441. The zero-order chi connectivity index (χ0) is 15.4. The molecule has 21 heavy (non-hydrogen) atoms. The Kier molecular flexibility index (Phi) is 5.12. The monoisotopic (exact) mass is 349 g/mol. The van der Waals surface area contributed by atoms with Crippen LogP contribution >= 0.6 is 15.9 Å². The number of hydrogen-bond acceptors (Lipinski definition) is 1. The summed E-state index contributed by atoms with van der Waals surface area (Å²) in [7, 11) is 0. The number of carbonyl (C=O) groups is 1. The zero-order valence-electron chi connectivity index (χ0n) is 12.0. The van der Waals surface area contributed by atoms with Crippen LogP contribution < -0.4 is 5.32 Å². The number of carbonyl (C=O) groups excluding carboxylic acids is 1. The smallest absolute Gasteiger partial charge is 0.251 e. The van der Waals surface area contributed by atoms with Gasteiger partial charge >= 0.3 is 0 Å². The van der Waals surface area contributed by atoms with Gasteiger partial charge in [-0.25, -0.2) is 4.39 Å². The van der Waals surface area contributed by atoms with Crippen LogP contribution in [0.3, 0.4) is 0 Å². The van der Waals surface area contributed by atoms with E-state index in [-0.39, 0.29) is 5.91 Å². The second kappa shape index (κ2) is 6.85. The first-order chi connectivity index (χ1) is 9.97. The van der Waals surface area contributed by atoms with Crippen LogP contribution in [-0.2, 0) is 6.54 Å². The maximum Gasteiger partial charge on any atom is 0.251 e. The summed E-state index contributed by atoms with van der Waals surface area (Å²) < 4.78 is 13.7. The van der Waals surface area contributed by atoms with E-state index in [9.17, 15) is 9.18 Å². The number of rotatable bonds is 4. The lowest BCUT2D eigenvalue weighted by Gasteiger charge is -2.08. The summed E-state index contributed by atoms with van der Waals surface area (Å²) in [5.74, 6) is -0.238. The average Bonchev–Trinajstić information content (AvgIpc) is 2.48. The van der Waals surface area contributed by atoms with Crippen LogP contribution in [0.15, 0.2) is 46.9 Å². The summed E-state index contributed by atoms with van der Waals surface area (Å²) >= 11 is 3.07. The van der Waals surface area contributed by atoms with Crippen molar-refractivity contribution in [2.45, 2.75) is 26.3 Å². The summed E-state index contributed by atoms with van der Waals surface area (Å²) in [6.07, 6.45) is 0. The predicted molar refractivity (Wildman–Crippen MR) is 85.8 cm³/mol. The van der Waals surface area contributed by atoms with E-state index in [0.29, 0.717) is 22.5 Å². The molecule has 110 valence electrons. The first kappa shape index (κ1) is 15.7. The second-order valence-electron chi connectivity index (χ2n) is 5.21. The van der Waals surface area contributed by atoms with Crippen LogP contribution in [0.5, 0.6) is 0 Å². The predicted octanol–water partition coefficient (Wildman–Crippen LogP) is 4.64. The Balaban J connectivity index is 1.98. The molecule has 0 atom stereocenters. The van der Waals surface area contributed by atoms with Crippen LogP contribution in [0.1, 0.15) is 41.3 Å². The average molecular weight is 350 g/mol. The number of halogens is 2. The molecule has 0 spiro atoms. The molecule has 2 aromatic rings. The van der Waals surface area contributed by atoms with Crippen molar-refractivity contribution in [3.63, 3.8) is 0 Å². The summed E-state index contributed by atoms with van der Waals surface area (Å²) in [6, 6.07) is 12.5. The van der Waals surface area contributed by atoms with Crippen molar-refractivity contribution >= 4 is 21.8 Å². The zero-order valence-corrected chi connectivity index (χ0v) is 13.6. The van der Waals surface area contributed by atoms with Crippen LogP contribution in [0.4, 0.5) is 4.39 Å². The number of hydrogen-bond donors (Lipinski definition) is 1. The molecule has 0 bridgehead atoms. The molecule has 0 fully saturated rings. The lowest BCUT2D eigenvalue weighted by atomic mass is 10.0. The van der Waals surface area contributed by atoms with Crippen molar-refractivity contribution in [1.29, 1.82) is 0 Å². The molecule has 0 aliphatic carbocycles. The van der Waals surface area contributed by atoms with Gasteiger partial charge in [-0.2, -0.15) is 0 Å². The van der Waals surface area contributed by atoms with Crippen molar-refractivity contribution in [3.05, 3.63) is 69.4 Å². The van der Waals surface area contributed by atoms with Crippen molar-refractivity contribution in [3.8, 4) is 0 Å². The molecule has 4 heteroatoms. The largest absolute Gasteiger partial charge is 0.348 e. The molecule has 2 nitrogen and oxygen atoms in total. The van der Waals surface area contributed by atoms with Crippen LogP contribution in [0.2, 0.25) is 0 Å². The maximum atomic E-state index is 13.4. The summed E-state index contributed by atoms with van der Waals surface area (Å²) in [5.41, 5.74) is 2.60. The molecule has 0 heterocycles. The topological polar surface area (TPSA) is 29.1 Å². The fourth-order valence-corrected chi connectivity index (χ4v) is 2.19. The molecule has 2 rings (SSSR count). The van der Waals surface area contributed by atoms with E-state index in [1.54, 1.807) is 6.07 Å². The minimum Gasteiger partial charge on any atom is -0.348 e. The highest BCUT2D eigenvalue weighted by atomic mass is 79.9. The molecule has 1 N–H and O–H groups in total. The van der Waals surface area contributed by atoms with Gasteiger partial charge in [-0.05, 0) is 51.2 Å². The summed E-state index contributed by atoms with van der Waals surface area (Å²) in [5, 5.41) is 2.79. The normalized spacial score (nSPS) is 10.7. The molecule has 0 saturated carbocycles. The maximum absolute atomic E-state index is 13.4. The fraction of sp³-hybridized carbons (Fsp3) is 0.235. The molecule has 0 radical (unpaired) electrons. The van der Waals surface area contributed by atoms with E-state index >= 15 is 0 Å². The second-order valence-corrected chi connectivity index (χ2v) is 6.06. The highest BCUT2D eigenvalue weighted by molar-refractivity contribution is 9.10. The Bertz CT molecular complexity index is 638. The molecule has 0 aliphatic rings. The Morgan fingerprint density at radius 1 is 1.19 bits per heavy atom. The first-order valence-electron chi connectivity index (χ1n) is 6.79. The van der Waals surface area contributed by atoms with Gasteiger partial charge in [0, 0.05) is 12.1 Å². The summed E-state index contributed by atoms with van der Waals surface area (Å²) in [4.78, 5) is 12.0. The van der Waals surface area contributed by atoms with E-state index in [4.69, 9.17) is 0 Å². The van der Waals surface area contributed by atoms with Gasteiger partial charge in [0.1, 0.15) is 5.82 Å². The van der Waals surface area contributed by atoms with Gasteiger partial charge in [0.25, 0.3) is 5.91 Å². The standard InChI is InChI=1S/C17H17BrFNO/c1-11(2)13-5-3-12(4-6-13)10-20-17(21)14-7-8-15(18)16(19)9-14/h3-9,11H,10H2,1-2H3,(H,20,21). The number of nitrogens with one attached hydrogen (secondary N) is 1. The molecular weight excluding hydrogens is 333 g/mol. The minimum absolute atomic E-state index is 0.283. The van der Waals surface area contributed by atoms with E-state index in [1.165, 1.54) is 17.7 Å². The van der Waals surface area contributed by atoms with Gasteiger partial charge in [-0.15, -0.1) is 0 Å².